The van der Waals surface area contributed by atoms with Crippen molar-refractivity contribution >= 4 is 0 Å². The van der Waals surface area contributed by atoms with Crippen molar-refractivity contribution in [3.8, 4) is 5.88 Å². The topological polar surface area (TPSA) is 51.4 Å². The normalized spacial score (nSPS) is 19.8. The second-order valence-electron chi connectivity index (χ2n) is 5.28. The molecule has 4 heteroatoms. The Hall–Kier alpha value is -1.13. The molecule has 1 aromatic heterocycles. The maximum atomic E-state index is 5.81. The van der Waals surface area contributed by atoms with Gasteiger partial charge in [-0.25, -0.2) is 4.98 Å². The van der Waals surface area contributed by atoms with Crippen LogP contribution in [0.25, 0.3) is 0 Å². The third-order valence-corrected chi connectivity index (χ3v) is 3.89. The van der Waals surface area contributed by atoms with Crippen LogP contribution in [0, 0.1) is 0 Å². The van der Waals surface area contributed by atoms with Crippen LogP contribution in [0.1, 0.15) is 37.4 Å². The molecular weight excluding hydrogens is 238 g/mol. The van der Waals surface area contributed by atoms with Crippen molar-refractivity contribution in [3.63, 3.8) is 0 Å². The Bertz CT molecular complexity index is 386. The second kappa shape index (κ2) is 6.87. The Balaban J connectivity index is 1.88. The molecule has 1 unspecified atom stereocenters. The third kappa shape index (κ3) is 3.91. The highest BCUT2D eigenvalue weighted by Crippen LogP contribution is 2.19. The van der Waals surface area contributed by atoms with E-state index in [-0.39, 0.29) is 0 Å². The monoisotopic (exact) mass is 263 g/mol. The van der Waals surface area contributed by atoms with Gasteiger partial charge < -0.3 is 15.4 Å². The molecule has 2 rings (SSSR count). The molecule has 0 spiro atoms. The molecule has 0 saturated carbocycles. The van der Waals surface area contributed by atoms with Crippen LogP contribution >= 0.6 is 0 Å². The first-order chi connectivity index (χ1) is 9.22. The lowest BCUT2D eigenvalue weighted by Crippen LogP contribution is -2.26. The summed E-state index contributed by atoms with van der Waals surface area (Å²) >= 11 is 0. The summed E-state index contributed by atoms with van der Waals surface area (Å²) in [5.41, 5.74) is 7.85. The molecule has 0 bridgehead atoms. The van der Waals surface area contributed by atoms with Crippen LogP contribution < -0.4 is 10.5 Å². The molecule has 2 heterocycles. The van der Waals surface area contributed by atoms with Gasteiger partial charge in [0.05, 0.1) is 6.61 Å². The zero-order valence-electron chi connectivity index (χ0n) is 12.1. The molecule has 1 fully saturated rings. The van der Waals surface area contributed by atoms with E-state index in [4.69, 9.17) is 10.5 Å². The molecule has 1 atom stereocenters. The SMILES string of the molecule is CCc1cc(CN)cc(OCCC2CCCN2C)n1. The lowest BCUT2D eigenvalue weighted by Gasteiger charge is -2.19. The fourth-order valence-corrected chi connectivity index (χ4v) is 2.64. The fraction of sp³-hybridized carbons (Fsp3) is 0.667. The quantitative estimate of drug-likeness (QED) is 0.852. The molecule has 1 aliphatic rings. The highest BCUT2D eigenvalue weighted by atomic mass is 16.5. The number of nitrogens with zero attached hydrogens (tertiary/aromatic N) is 2. The number of nitrogens with two attached hydrogens (primary N) is 1. The third-order valence-electron chi connectivity index (χ3n) is 3.89. The van der Waals surface area contributed by atoms with Gasteiger partial charge in [-0.2, -0.15) is 0 Å². The van der Waals surface area contributed by atoms with Crippen LogP contribution in [0.5, 0.6) is 5.88 Å². The Morgan fingerprint density at radius 2 is 2.32 bits per heavy atom. The first-order valence-electron chi connectivity index (χ1n) is 7.26. The average Bonchev–Trinajstić information content (AvgIpc) is 2.84. The molecule has 0 aromatic carbocycles. The van der Waals surface area contributed by atoms with E-state index in [1.165, 1.54) is 19.4 Å². The molecule has 4 nitrogen and oxygen atoms in total. The number of hydrogen-bond acceptors (Lipinski definition) is 4. The minimum Gasteiger partial charge on any atom is -0.478 e. The largest absolute Gasteiger partial charge is 0.478 e. The van der Waals surface area contributed by atoms with Crippen molar-refractivity contribution in [1.82, 2.24) is 9.88 Å². The van der Waals surface area contributed by atoms with Crippen molar-refractivity contribution in [2.24, 2.45) is 5.73 Å². The van der Waals surface area contributed by atoms with Crippen LogP contribution in [0.2, 0.25) is 0 Å². The number of pyridine rings is 1. The van der Waals surface area contributed by atoms with E-state index in [0.717, 1.165) is 36.6 Å². The number of hydrogen-bond donors (Lipinski definition) is 1. The van der Waals surface area contributed by atoms with Crippen molar-refractivity contribution in [2.75, 3.05) is 20.2 Å². The molecule has 1 aliphatic heterocycles. The lowest BCUT2D eigenvalue weighted by atomic mass is 10.1. The van der Waals surface area contributed by atoms with Crippen LogP contribution in [-0.4, -0.2) is 36.1 Å². The smallest absolute Gasteiger partial charge is 0.213 e. The number of ether oxygens (including phenoxy) is 1. The predicted octanol–water partition coefficient (Wildman–Crippen LogP) is 1.97. The summed E-state index contributed by atoms with van der Waals surface area (Å²) < 4.78 is 5.81. The Kier molecular flexibility index (Phi) is 5.16. The Morgan fingerprint density at radius 3 is 2.95 bits per heavy atom. The molecular formula is C15H25N3O. The minimum atomic E-state index is 0.539. The number of aryl methyl sites for hydroxylation is 1. The van der Waals surface area contributed by atoms with Gasteiger partial charge in [-0.05, 0) is 50.9 Å². The summed E-state index contributed by atoms with van der Waals surface area (Å²) in [5, 5.41) is 0. The van der Waals surface area contributed by atoms with Gasteiger partial charge in [0.1, 0.15) is 0 Å². The molecule has 106 valence electrons. The first-order valence-corrected chi connectivity index (χ1v) is 7.26. The molecule has 1 saturated heterocycles. The highest BCUT2D eigenvalue weighted by Gasteiger charge is 2.20. The van der Waals surface area contributed by atoms with E-state index in [1.807, 2.05) is 6.07 Å². The Labute approximate surface area is 116 Å². The van der Waals surface area contributed by atoms with Crippen molar-refractivity contribution < 1.29 is 4.74 Å². The summed E-state index contributed by atoms with van der Waals surface area (Å²) in [6.07, 6.45) is 4.58. The maximum Gasteiger partial charge on any atom is 0.213 e. The molecule has 19 heavy (non-hydrogen) atoms. The molecule has 0 amide bonds. The van der Waals surface area contributed by atoms with Gasteiger partial charge in [0.2, 0.25) is 5.88 Å². The van der Waals surface area contributed by atoms with Crippen LogP contribution in [0.4, 0.5) is 0 Å². The van der Waals surface area contributed by atoms with E-state index in [9.17, 15) is 0 Å². The number of rotatable bonds is 6. The molecule has 0 radical (unpaired) electrons. The summed E-state index contributed by atoms with van der Waals surface area (Å²) in [6.45, 7) is 4.59. The highest BCUT2D eigenvalue weighted by molar-refractivity contribution is 5.25. The summed E-state index contributed by atoms with van der Waals surface area (Å²) in [4.78, 5) is 6.91. The summed E-state index contributed by atoms with van der Waals surface area (Å²) in [5.74, 6) is 0.723. The maximum absolute atomic E-state index is 5.81. The number of likely N-dealkylation sites (tertiary alicyclic amines) is 1. The Morgan fingerprint density at radius 1 is 1.47 bits per heavy atom. The van der Waals surface area contributed by atoms with Gasteiger partial charge in [-0.3, -0.25) is 0 Å². The molecule has 1 aromatic rings. The predicted molar refractivity (Wildman–Crippen MR) is 77.3 cm³/mol. The summed E-state index contributed by atoms with van der Waals surface area (Å²) in [7, 11) is 2.19. The van der Waals surface area contributed by atoms with E-state index >= 15 is 0 Å². The van der Waals surface area contributed by atoms with Gasteiger partial charge >= 0.3 is 0 Å². The zero-order chi connectivity index (χ0) is 13.7. The van der Waals surface area contributed by atoms with E-state index in [0.29, 0.717) is 12.6 Å². The summed E-state index contributed by atoms with van der Waals surface area (Å²) in [6, 6.07) is 4.68. The molecule has 0 aliphatic carbocycles. The van der Waals surface area contributed by atoms with E-state index in [2.05, 4.69) is 29.9 Å². The van der Waals surface area contributed by atoms with E-state index < -0.39 is 0 Å². The lowest BCUT2D eigenvalue weighted by molar-refractivity contribution is 0.228. The van der Waals surface area contributed by atoms with Gasteiger partial charge in [0, 0.05) is 24.3 Å². The standard InChI is InChI=1S/C15H25N3O/c1-3-13-9-12(11-16)10-15(17-13)19-8-6-14-5-4-7-18(14)2/h9-10,14H,3-8,11,16H2,1-2H3. The molecule has 2 N–H and O–H groups in total. The van der Waals surface area contributed by atoms with Crippen LogP contribution in [0.15, 0.2) is 12.1 Å². The first kappa shape index (κ1) is 14.3. The average molecular weight is 263 g/mol. The van der Waals surface area contributed by atoms with Gasteiger partial charge in [-0.1, -0.05) is 6.92 Å². The van der Waals surface area contributed by atoms with Crippen molar-refractivity contribution in [3.05, 3.63) is 23.4 Å². The number of aromatic nitrogens is 1. The van der Waals surface area contributed by atoms with Gasteiger partial charge in [0.15, 0.2) is 0 Å². The second-order valence-corrected chi connectivity index (χ2v) is 5.28. The van der Waals surface area contributed by atoms with Crippen molar-refractivity contribution in [1.29, 1.82) is 0 Å². The van der Waals surface area contributed by atoms with Gasteiger partial charge in [0.25, 0.3) is 0 Å². The zero-order valence-corrected chi connectivity index (χ0v) is 12.1. The fourth-order valence-electron chi connectivity index (χ4n) is 2.64. The minimum absolute atomic E-state index is 0.539. The van der Waals surface area contributed by atoms with Crippen LogP contribution in [-0.2, 0) is 13.0 Å². The van der Waals surface area contributed by atoms with Crippen LogP contribution in [0.3, 0.4) is 0 Å². The van der Waals surface area contributed by atoms with Crippen molar-refractivity contribution in [2.45, 2.75) is 45.2 Å². The van der Waals surface area contributed by atoms with E-state index in [1.54, 1.807) is 0 Å². The van der Waals surface area contributed by atoms with Gasteiger partial charge in [-0.15, -0.1) is 0 Å².